The second-order valence-electron chi connectivity index (χ2n) is 3.40. The zero-order valence-corrected chi connectivity index (χ0v) is 10.0. The maximum atomic E-state index is 11.8. The molecular formula is C11H14O4S. The van der Waals surface area contributed by atoms with Gasteiger partial charge in [-0.05, 0) is 25.0 Å². The van der Waals surface area contributed by atoms with Crippen LogP contribution in [-0.4, -0.2) is 20.8 Å². The Kier molecular flexibility index (Phi) is 4.20. The Morgan fingerprint density at radius 2 is 2.00 bits per heavy atom. The van der Waals surface area contributed by atoms with E-state index in [0.29, 0.717) is 18.3 Å². The molecule has 0 N–H and O–H groups in total. The minimum Gasteiger partial charge on any atom is -0.300 e. The van der Waals surface area contributed by atoms with Gasteiger partial charge in [0.1, 0.15) is 12.4 Å². The zero-order chi connectivity index (χ0) is 12.2. The van der Waals surface area contributed by atoms with Crippen molar-refractivity contribution in [3.8, 4) is 0 Å². The van der Waals surface area contributed by atoms with Crippen LogP contribution in [0.2, 0.25) is 0 Å². The highest BCUT2D eigenvalue weighted by Gasteiger charge is 2.21. The summed E-state index contributed by atoms with van der Waals surface area (Å²) in [4.78, 5) is 10.6. The summed E-state index contributed by atoms with van der Waals surface area (Å²) in [7, 11) is -3.85. The first-order chi connectivity index (χ1) is 7.51. The molecule has 0 aliphatic carbocycles. The second-order valence-corrected chi connectivity index (χ2v) is 4.94. The molecule has 0 saturated heterocycles. The summed E-state index contributed by atoms with van der Waals surface area (Å²) in [6.07, 6.45) is -0.0886. The lowest BCUT2D eigenvalue weighted by Crippen LogP contribution is -2.19. The number of hydrogen-bond donors (Lipinski definition) is 0. The SMILES string of the molecule is CCC(C=O)OS(=O)(=O)c1ccccc1C. The van der Waals surface area contributed by atoms with Crippen molar-refractivity contribution in [2.45, 2.75) is 31.3 Å². The molecule has 4 nitrogen and oxygen atoms in total. The Morgan fingerprint density at radius 1 is 1.38 bits per heavy atom. The largest absolute Gasteiger partial charge is 0.300 e. The quantitative estimate of drug-likeness (QED) is 0.582. The van der Waals surface area contributed by atoms with Crippen molar-refractivity contribution in [1.82, 2.24) is 0 Å². The van der Waals surface area contributed by atoms with Crippen molar-refractivity contribution in [2.75, 3.05) is 0 Å². The van der Waals surface area contributed by atoms with E-state index >= 15 is 0 Å². The van der Waals surface area contributed by atoms with Crippen molar-refractivity contribution in [1.29, 1.82) is 0 Å². The Hall–Kier alpha value is -1.20. The predicted octanol–water partition coefficient (Wildman–Crippen LogP) is 1.68. The third-order valence-corrected chi connectivity index (χ3v) is 3.66. The van der Waals surface area contributed by atoms with Gasteiger partial charge in [0.15, 0.2) is 0 Å². The van der Waals surface area contributed by atoms with Crippen LogP contribution in [-0.2, 0) is 19.1 Å². The van der Waals surface area contributed by atoms with E-state index in [-0.39, 0.29) is 4.90 Å². The van der Waals surface area contributed by atoms with Crippen molar-refractivity contribution >= 4 is 16.4 Å². The van der Waals surface area contributed by atoms with Crippen LogP contribution in [0.15, 0.2) is 29.2 Å². The topological polar surface area (TPSA) is 60.4 Å². The summed E-state index contributed by atoms with van der Waals surface area (Å²) in [6.45, 7) is 3.37. The molecule has 16 heavy (non-hydrogen) atoms. The van der Waals surface area contributed by atoms with Gasteiger partial charge in [-0.3, -0.25) is 4.18 Å². The van der Waals surface area contributed by atoms with E-state index < -0.39 is 16.2 Å². The number of hydrogen-bond acceptors (Lipinski definition) is 4. The van der Waals surface area contributed by atoms with Gasteiger partial charge in [-0.25, -0.2) is 0 Å². The van der Waals surface area contributed by atoms with Gasteiger partial charge in [0.05, 0.1) is 4.90 Å². The first kappa shape index (κ1) is 12.9. The lowest BCUT2D eigenvalue weighted by Gasteiger charge is -2.11. The fourth-order valence-electron chi connectivity index (χ4n) is 1.24. The lowest BCUT2D eigenvalue weighted by atomic mass is 10.2. The summed E-state index contributed by atoms with van der Waals surface area (Å²) >= 11 is 0. The molecule has 0 bridgehead atoms. The maximum absolute atomic E-state index is 11.8. The standard InChI is InChI=1S/C11H14O4S/c1-3-10(8-12)15-16(13,14)11-7-5-4-6-9(11)2/h4-8,10H,3H2,1-2H3. The van der Waals surface area contributed by atoms with Gasteiger partial charge in [0, 0.05) is 0 Å². The van der Waals surface area contributed by atoms with Crippen LogP contribution in [0.4, 0.5) is 0 Å². The molecule has 0 saturated carbocycles. The van der Waals surface area contributed by atoms with Crippen molar-refractivity contribution in [2.24, 2.45) is 0 Å². The van der Waals surface area contributed by atoms with E-state index in [1.165, 1.54) is 6.07 Å². The van der Waals surface area contributed by atoms with Crippen LogP contribution in [0.3, 0.4) is 0 Å². The maximum Gasteiger partial charge on any atom is 0.297 e. The lowest BCUT2D eigenvalue weighted by molar-refractivity contribution is -0.113. The van der Waals surface area contributed by atoms with E-state index in [4.69, 9.17) is 4.18 Å². The average molecular weight is 242 g/mol. The molecular weight excluding hydrogens is 228 g/mol. The number of carbonyl (C=O) groups excluding carboxylic acids is 1. The Labute approximate surface area is 95.4 Å². The number of aryl methyl sites for hydroxylation is 1. The molecule has 0 aromatic heterocycles. The van der Waals surface area contributed by atoms with Crippen LogP contribution in [0.1, 0.15) is 18.9 Å². The van der Waals surface area contributed by atoms with Crippen molar-refractivity contribution < 1.29 is 17.4 Å². The minimum atomic E-state index is -3.85. The van der Waals surface area contributed by atoms with Gasteiger partial charge < -0.3 is 4.79 Å². The van der Waals surface area contributed by atoms with Gasteiger partial charge >= 0.3 is 0 Å². The van der Waals surface area contributed by atoms with E-state index in [0.717, 1.165) is 0 Å². The average Bonchev–Trinajstić information content (AvgIpc) is 2.26. The van der Waals surface area contributed by atoms with Gasteiger partial charge in [0.25, 0.3) is 10.1 Å². The van der Waals surface area contributed by atoms with Crippen LogP contribution in [0.25, 0.3) is 0 Å². The Balaban J connectivity index is 3.03. The van der Waals surface area contributed by atoms with Gasteiger partial charge in [-0.15, -0.1) is 0 Å². The third-order valence-electron chi connectivity index (χ3n) is 2.17. The molecule has 0 spiro atoms. The van der Waals surface area contributed by atoms with Crippen LogP contribution >= 0.6 is 0 Å². The monoisotopic (exact) mass is 242 g/mol. The highest BCUT2D eigenvalue weighted by Crippen LogP contribution is 2.18. The first-order valence-electron chi connectivity index (χ1n) is 4.95. The summed E-state index contributed by atoms with van der Waals surface area (Å²) in [5, 5.41) is 0. The second kappa shape index (κ2) is 5.23. The summed E-state index contributed by atoms with van der Waals surface area (Å²) in [6, 6.07) is 6.50. The molecule has 1 unspecified atom stereocenters. The number of rotatable bonds is 5. The molecule has 1 aromatic carbocycles. The first-order valence-corrected chi connectivity index (χ1v) is 6.36. The van der Waals surface area contributed by atoms with Crippen molar-refractivity contribution in [3.63, 3.8) is 0 Å². The minimum absolute atomic E-state index is 0.107. The highest BCUT2D eigenvalue weighted by atomic mass is 32.2. The molecule has 0 radical (unpaired) electrons. The van der Waals surface area contributed by atoms with Gasteiger partial charge in [-0.2, -0.15) is 8.42 Å². The summed E-state index contributed by atoms with van der Waals surface area (Å²) in [5.74, 6) is 0. The zero-order valence-electron chi connectivity index (χ0n) is 9.21. The van der Waals surface area contributed by atoms with E-state index in [1.807, 2.05) is 0 Å². The Morgan fingerprint density at radius 3 is 2.50 bits per heavy atom. The summed E-state index contributed by atoms with van der Waals surface area (Å²) in [5.41, 5.74) is 0.600. The molecule has 0 heterocycles. The van der Waals surface area contributed by atoms with E-state index in [1.54, 1.807) is 32.0 Å². The molecule has 0 aliphatic heterocycles. The third kappa shape index (κ3) is 2.90. The molecule has 1 rings (SSSR count). The van der Waals surface area contributed by atoms with Crippen LogP contribution in [0.5, 0.6) is 0 Å². The number of benzene rings is 1. The molecule has 1 aromatic rings. The van der Waals surface area contributed by atoms with Gasteiger partial charge in [-0.1, -0.05) is 25.1 Å². The van der Waals surface area contributed by atoms with E-state index in [9.17, 15) is 13.2 Å². The molecule has 0 fully saturated rings. The number of carbonyl (C=O) groups is 1. The fourth-order valence-corrected chi connectivity index (χ4v) is 2.56. The fraction of sp³-hybridized carbons (Fsp3) is 0.364. The molecule has 1 atom stereocenters. The number of aldehydes is 1. The van der Waals surface area contributed by atoms with Crippen LogP contribution < -0.4 is 0 Å². The molecule has 5 heteroatoms. The van der Waals surface area contributed by atoms with Gasteiger partial charge in [0.2, 0.25) is 0 Å². The van der Waals surface area contributed by atoms with Crippen molar-refractivity contribution in [3.05, 3.63) is 29.8 Å². The van der Waals surface area contributed by atoms with Crippen LogP contribution in [0, 0.1) is 6.92 Å². The normalized spacial score (nSPS) is 13.4. The smallest absolute Gasteiger partial charge is 0.297 e. The molecule has 0 amide bonds. The molecule has 0 aliphatic rings. The predicted molar refractivity (Wildman–Crippen MR) is 59.6 cm³/mol. The summed E-state index contributed by atoms with van der Waals surface area (Å²) < 4.78 is 28.4. The highest BCUT2D eigenvalue weighted by molar-refractivity contribution is 7.86. The Bertz CT molecular complexity index is 465. The molecule has 88 valence electrons. The van der Waals surface area contributed by atoms with E-state index in [2.05, 4.69) is 0 Å².